The van der Waals surface area contributed by atoms with Crippen molar-refractivity contribution in [1.82, 2.24) is 0 Å². The Labute approximate surface area is 161 Å². The molecule has 0 aromatic heterocycles. The van der Waals surface area contributed by atoms with Gasteiger partial charge in [-0.15, -0.1) is 0 Å². The second-order valence-electron chi connectivity index (χ2n) is 5.73. The molecular formula is C22H41FO3. The third kappa shape index (κ3) is 14.7. The lowest BCUT2D eigenvalue weighted by Gasteiger charge is -2.19. The maximum absolute atomic E-state index is 13.3. The number of rotatable bonds is 7. The minimum absolute atomic E-state index is 0. The molecule has 0 atom stereocenters. The number of methoxy groups -OCH3 is 1. The molecule has 1 aliphatic rings. The van der Waals surface area contributed by atoms with Crippen LogP contribution in [-0.2, 0) is 9.53 Å². The summed E-state index contributed by atoms with van der Waals surface area (Å²) in [7, 11) is 1.35. The lowest BCUT2D eigenvalue weighted by Crippen LogP contribution is -2.04. The molecule has 0 aliphatic heterocycles. The quantitative estimate of drug-likeness (QED) is 0.472. The van der Waals surface area contributed by atoms with Gasteiger partial charge in [-0.1, -0.05) is 72.5 Å². The SMILES string of the molecule is C.CC.CCCCC(CCCC)C1=CC=C(O)C(F)=CC1.COC(C)=O. The first-order valence-electron chi connectivity index (χ1n) is 9.46. The molecule has 0 aromatic carbocycles. The van der Waals surface area contributed by atoms with Crippen LogP contribution in [0.3, 0.4) is 0 Å². The third-order valence-corrected chi connectivity index (χ3v) is 3.84. The molecule has 0 unspecified atom stereocenters. The molecule has 1 aliphatic carbocycles. The first-order valence-corrected chi connectivity index (χ1v) is 9.46. The number of carbonyl (C=O) groups is 1. The largest absolute Gasteiger partial charge is 0.505 e. The number of halogens is 1. The Morgan fingerprint density at radius 1 is 1.19 bits per heavy atom. The number of aliphatic hydroxyl groups excluding tert-OH is 1. The summed E-state index contributed by atoms with van der Waals surface area (Å²) in [5, 5.41) is 9.38. The first kappa shape index (κ1) is 29.2. The number of aliphatic hydroxyl groups is 1. The minimum Gasteiger partial charge on any atom is -0.505 e. The fraction of sp³-hybridized carbons (Fsp3) is 0.682. The van der Waals surface area contributed by atoms with E-state index >= 15 is 0 Å². The maximum Gasteiger partial charge on any atom is 0.302 e. The lowest BCUT2D eigenvalue weighted by molar-refractivity contribution is -0.137. The minimum atomic E-state index is -0.494. The van der Waals surface area contributed by atoms with E-state index in [0.717, 1.165) is 0 Å². The van der Waals surface area contributed by atoms with E-state index in [2.05, 4.69) is 18.6 Å². The molecule has 0 heterocycles. The number of unbranched alkanes of at least 4 members (excludes halogenated alkanes) is 2. The highest BCUT2D eigenvalue weighted by Crippen LogP contribution is 2.29. The van der Waals surface area contributed by atoms with Gasteiger partial charge in [0.15, 0.2) is 11.6 Å². The highest BCUT2D eigenvalue weighted by molar-refractivity contribution is 5.65. The summed E-state index contributed by atoms with van der Waals surface area (Å²) in [5.74, 6) is -0.443. The van der Waals surface area contributed by atoms with Crippen LogP contribution in [-0.4, -0.2) is 18.2 Å². The molecule has 1 rings (SSSR count). The van der Waals surface area contributed by atoms with Crippen molar-refractivity contribution < 1.29 is 19.0 Å². The summed E-state index contributed by atoms with van der Waals surface area (Å²) >= 11 is 0. The van der Waals surface area contributed by atoms with E-state index in [0.29, 0.717) is 12.3 Å². The van der Waals surface area contributed by atoms with Crippen LogP contribution >= 0.6 is 0 Å². The van der Waals surface area contributed by atoms with Gasteiger partial charge in [0.2, 0.25) is 0 Å². The average molecular weight is 373 g/mol. The van der Waals surface area contributed by atoms with Gasteiger partial charge < -0.3 is 9.84 Å². The number of hydrogen-bond donors (Lipinski definition) is 1. The molecule has 0 radical (unpaired) electrons. The zero-order valence-corrected chi connectivity index (χ0v) is 16.9. The molecule has 4 heteroatoms. The molecule has 0 spiro atoms. The van der Waals surface area contributed by atoms with Crippen molar-refractivity contribution in [3.05, 3.63) is 35.4 Å². The molecule has 0 saturated carbocycles. The van der Waals surface area contributed by atoms with Crippen LogP contribution in [0.2, 0.25) is 0 Å². The van der Waals surface area contributed by atoms with E-state index < -0.39 is 5.83 Å². The van der Waals surface area contributed by atoms with E-state index in [1.54, 1.807) is 0 Å². The maximum atomic E-state index is 13.3. The summed E-state index contributed by atoms with van der Waals surface area (Å²) < 4.78 is 17.4. The monoisotopic (exact) mass is 372 g/mol. The summed E-state index contributed by atoms with van der Waals surface area (Å²) in [6, 6.07) is 0. The van der Waals surface area contributed by atoms with Crippen LogP contribution in [0.15, 0.2) is 35.4 Å². The molecule has 1 N–H and O–H groups in total. The molecule has 0 bridgehead atoms. The van der Waals surface area contributed by atoms with Gasteiger partial charge in [0.05, 0.1) is 7.11 Å². The van der Waals surface area contributed by atoms with Crippen LogP contribution in [0.5, 0.6) is 0 Å². The van der Waals surface area contributed by atoms with Crippen LogP contribution in [0, 0.1) is 5.92 Å². The van der Waals surface area contributed by atoms with Crippen molar-refractivity contribution in [2.75, 3.05) is 7.11 Å². The summed E-state index contributed by atoms with van der Waals surface area (Å²) in [5.41, 5.74) is 1.26. The molecule has 154 valence electrons. The van der Waals surface area contributed by atoms with Crippen molar-refractivity contribution in [3.63, 3.8) is 0 Å². The molecule has 3 nitrogen and oxygen atoms in total. The van der Waals surface area contributed by atoms with Crippen LogP contribution in [0.1, 0.15) is 87.0 Å². The molecule has 0 saturated heterocycles. The van der Waals surface area contributed by atoms with Crippen LogP contribution in [0.25, 0.3) is 0 Å². The van der Waals surface area contributed by atoms with Gasteiger partial charge >= 0.3 is 5.97 Å². The standard InChI is InChI=1S/C16H25FO.C3H6O2.C2H6.CH4/c1-3-5-7-13(8-6-4-2)14-9-11-15(17)16(18)12-10-14;1-3(4)5-2;1-2;/h10-13,18H,3-9H2,1-2H3;1-2H3;1-2H3;1H4. The van der Waals surface area contributed by atoms with Crippen molar-refractivity contribution >= 4 is 5.97 Å². The first-order chi connectivity index (χ1) is 12.0. The Kier molecular flexibility index (Phi) is 22.2. The summed E-state index contributed by atoms with van der Waals surface area (Å²) in [6.45, 7) is 9.76. The second-order valence-corrected chi connectivity index (χ2v) is 5.73. The lowest BCUT2D eigenvalue weighted by atomic mass is 9.87. The van der Waals surface area contributed by atoms with Crippen LogP contribution < -0.4 is 0 Å². The Hall–Kier alpha value is -1.58. The van der Waals surface area contributed by atoms with Crippen molar-refractivity contribution in [2.45, 2.75) is 87.0 Å². The molecule has 0 amide bonds. The Bertz CT molecular complexity index is 429. The van der Waals surface area contributed by atoms with Gasteiger partial charge in [0, 0.05) is 6.92 Å². The van der Waals surface area contributed by atoms with Gasteiger partial charge in [-0.2, -0.15) is 0 Å². The Balaban J connectivity index is -0.000000571. The topological polar surface area (TPSA) is 46.5 Å². The van der Waals surface area contributed by atoms with Gasteiger partial charge in [0.1, 0.15) is 0 Å². The number of carbonyl (C=O) groups excluding carboxylic acids is 1. The van der Waals surface area contributed by atoms with Gasteiger partial charge in [-0.25, -0.2) is 4.39 Å². The smallest absolute Gasteiger partial charge is 0.302 e. The number of hydrogen-bond acceptors (Lipinski definition) is 3. The number of allylic oxidation sites excluding steroid dienone is 5. The van der Waals surface area contributed by atoms with Gasteiger partial charge in [-0.05, 0) is 37.3 Å². The zero-order valence-electron chi connectivity index (χ0n) is 16.9. The fourth-order valence-corrected chi connectivity index (χ4v) is 2.36. The van der Waals surface area contributed by atoms with Crippen molar-refractivity contribution in [1.29, 1.82) is 0 Å². The van der Waals surface area contributed by atoms with Gasteiger partial charge in [0.25, 0.3) is 0 Å². The predicted molar refractivity (Wildman–Crippen MR) is 111 cm³/mol. The molecular weight excluding hydrogens is 331 g/mol. The van der Waals surface area contributed by atoms with E-state index in [1.807, 2.05) is 19.9 Å². The summed E-state index contributed by atoms with van der Waals surface area (Å²) in [6.07, 6.45) is 12.7. The predicted octanol–water partition coefficient (Wildman–Crippen LogP) is 7.45. The number of esters is 1. The molecule has 0 aromatic rings. The van der Waals surface area contributed by atoms with E-state index in [1.165, 1.54) is 70.3 Å². The second kappa shape index (κ2) is 19.7. The highest BCUT2D eigenvalue weighted by Gasteiger charge is 2.15. The van der Waals surface area contributed by atoms with Gasteiger partial charge in [-0.3, -0.25) is 4.79 Å². The Morgan fingerprint density at radius 2 is 1.65 bits per heavy atom. The average Bonchev–Trinajstić information content (AvgIpc) is 2.79. The van der Waals surface area contributed by atoms with Crippen LogP contribution in [0.4, 0.5) is 4.39 Å². The van der Waals surface area contributed by atoms with Crippen molar-refractivity contribution in [3.8, 4) is 0 Å². The molecule has 26 heavy (non-hydrogen) atoms. The normalized spacial score (nSPS) is 12.7. The Morgan fingerprint density at radius 3 is 2.04 bits per heavy atom. The van der Waals surface area contributed by atoms with E-state index in [4.69, 9.17) is 0 Å². The van der Waals surface area contributed by atoms with E-state index in [9.17, 15) is 14.3 Å². The third-order valence-electron chi connectivity index (χ3n) is 3.84. The highest BCUT2D eigenvalue weighted by atomic mass is 19.1. The number of ether oxygens (including phenoxy) is 1. The summed E-state index contributed by atoms with van der Waals surface area (Å²) in [4.78, 5) is 9.59. The van der Waals surface area contributed by atoms with Crippen molar-refractivity contribution in [2.24, 2.45) is 5.92 Å². The zero-order chi connectivity index (χ0) is 19.7. The fourth-order valence-electron chi connectivity index (χ4n) is 2.36. The molecule has 0 fully saturated rings. The van der Waals surface area contributed by atoms with E-state index in [-0.39, 0.29) is 19.2 Å².